The van der Waals surface area contributed by atoms with Crippen LogP contribution in [0.2, 0.25) is 5.32 Å². The van der Waals surface area contributed by atoms with Gasteiger partial charge in [0.25, 0.3) is 0 Å². The van der Waals surface area contributed by atoms with Crippen LogP contribution in [0.15, 0.2) is 91.0 Å². The molecule has 0 amide bonds. The second-order valence-electron chi connectivity index (χ2n) is 5.57. The number of methoxy groups -OCH3 is 1. The Morgan fingerprint density at radius 2 is 1.17 bits per heavy atom. The Labute approximate surface area is 147 Å². The molecule has 24 heavy (non-hydrogen) atoms. The summed E-state index contributed by atoms with van der Waals surface area (Å²) in [5.74, 6) is 0. The van der Waals surface area contributed by atoms with Crippen molar-refractivity contribution in [2.45, 2.75) is 10.9 Å². The predicted molar refractivity (Wildman–Crippen MR) is 98.0 cm³/mol. The van der Waals surface area contributed by atoms with Crippen LogP contribution in [-0.2, 0) is 14.2 Å². The summed E-state index contributed by atoms with van der Waals surface area (Å²) in [4.78, 5) is 0. The van der Waals surface area contributed by atoms with E-state index >= 15 is 0 Å². The van der Waals surface area contributed by atoms with E-state index in [1.54, 1.807) is 7.11 Å². The van der Waals surface area contributed by atoms with E-state index in [9.17, 15) is 3.83 Å². The third-order valence-electron chi connectivity index (χ3n) is 4.17. The van der Waals surface area contributed by atoms with Crippen LogP contribution in [0.3, 0.4) is 0 Å². The zero-order valence-electron chi connectivity index (χ0n) is 13.6. The molecular formula is C21H20O2Se. The van der Waals surface area contributed by atoms with Crippen LogP contribution in [0, 0.1) is 0 Å². The van der Waals surface area contributed by atoms with Crippen molar-refractivity contribution in [1.29, 1.82) is 0 Å². The van der Waals surface area contributed by atoms with Gasteiger partial charge < -0.3 is 0 Å². The Morgan fingerprint density at radius 3 is 1.58 bits per heavy atom. The van der Waals surface area contributed by atoms with Crippen molar-refractivity contribution in [3.63, 3.8) is 0 Å². The van der Waals surface area contributed by atoms with E-state index in [4.69, 9.17) is 4.74 Å². The third kappa shape index (κ3) is 3.39. The van der Waals surface area contributed by atoms with Crippen LogP contribution < -0.4 is 4.46 Å². The summed E-state index contributed by atoms with van der Waals surface area (Å²) in [6, 6.07) is 29.8. The number of hydrogen-bond donors (Lipinski definition) is 0. The first kappa shape index (κ1) is 16.8. The second kappa shape index (κ2) is 7.67. The molecule has 3 aromatic rings. The Hall–Kier alpha value is -2.06. The van der Waals surface area contributed by atoms with E-state index in [0.29, 0.717) is 5.32 Å². The van der Waals surface area contributed by atoms with Crippen LogP contribution in [-0.4, -0.2) is 20.9 Å². The van der Waals surface area contributed by atoms with Crippen molar-refractivity contribution < 1.29 is 8.57 Å². The maximum absolute atomic E-state index is 13.1. The molecule has 0 aliphatic rings. The molecule has 3 heteroatoms. The van der Waals surface area contributed by atoms with Crippen LogP contribution in [0.5, 0.6) is 0 Å². The topological polar surface area (TPSA) is 26.3 Å². The van der Waals surface area contributed by atoms with Gasteiger partial charge in [-0.2, -0.15) is 0 Å². The van der Waals surface area contributed by atoms with Crippen molar-refractivity contribution in [2.75, 3.05) is 7.11 Å². The van der Waals surface area contributed by atoms with Gasteiger partial charge in [0.05, 0.1) is 0 Å². The van der Waals surface area contributed by atoms with Gasteiger partial charge >= 0.3 is 147 Å². The van der Waals surface area contributed by atoms with E-state index < -0.39 is 19.4 Å². The van der Waals surface area contributed by atoms with E-state index in [1.807, 2.05) is 91.0 Å². The van der Waals surface area contributed by atoms with Gasteiger partial charge in [-0.1, -0.05) is 0 Å². The third-order valence-corrected chi connectivity index (χ3v) is 7.25. The zero-order chi connectivity index (χ0) is 16.8. The molecule has 2 nitrogen and oxygen atoms in total. The molecule has 0 aliphatic carbocycles. The molecule has 0 aliphatic heterocycles. The molecule has 0 saturated carbocycles. The Balaban J connectivity index is 2.07. The molecule has 0 fully saturated rings. The van der Waals surface area contributed by atoms with Crippen LogP contribution in [0.25, 0.3) is 0 Å². The molecule has 0 heterocycles. The van der Waals surface area contributed by atoms with Crippen LogP contribution >= 0.6 is 0 Å². The summed E-state index contributed by atoms with van der Waals surface area (Å²) in [5, 5.41) is 0.460. The monoisotopic (exact) mass is 384 g/mol. The summed E-state index contributed by atoms with van der Waals surface area (Å²) >= 11 is -2.26. The first-order valence-corrected chi connectivity index (χ1v) is 10.6. The average Bonchev–Trinajstić information content (AvgIpc) is 2.68. The molecule has 0 spiro atoms. The van der Waals surface area contributed by atoms with Crippen LogP contribution in [0.4, 0.5) is 0 Å². The van der Waals surface area contributed by atoms with Gasteiger partial charge in [-0.3, -0.25) is 0 Å². The Bertz CT molecular complexity index is 746. The molecule has 1 unspecified atom stereocenters. The summed E-state index contributed by atoms with van der Waals surface area (Å²) in [5.41, 5.74) is 1.35. The van der Waals surface area contributed by atoms with Gasteiger partial charge in [0.2, 0.25) is 0 Å². The molecule has 1 atom stereocenters. The first-order valence-electron chi connectivity index (χ1n) is 7.86. The maximum atomic E-state index is 13.1. The molecule has 3 rings (SSSR count). The number of rotatable bonds is 6. The fourth-order valence-corrected chi connectivity index (χ4v) is 5.92. The van der Waals surface area contributed by atoms with Crippen molar-refractivity contribution in [3.05, 3.63) is 102 Å². The van der Waals surface area contributed by atoms with Gasteiger partial charge in [-0.25, -0.2) is 0 Å². The normalized spacial score (nSPS) is 12.7. The van der Waals surface area contributed by atoms with E-state index in [0.717, 1.165) is 15.6 Å². The van der Waals surface area contributed by atoms with Gasteiger partial charge in [0.15, 0.2) is 0 Å². The molecule has 0 saturated heterocycles. The van der Waals surface area contributed by atoms with E-state index in [1.165, 1.54) is 0 Å². The zero-order valence-corrected chi connectivity index (χ0v) is 15.3. The molecule has 122 valence electrons. The average molecular weight is 383 g/mol. The van der Waals surface area contributed by atoms with Crippen molar-refractivity contribution in [2.24, 2.45) is 0 Å². The fraction of sp³-hybridized carbons (Fsp3) is 0.143. The number of ether oxygens (including phenoxy) is 1. The molecule has 0 bridgehead atoms. The summed E-state index contributed by atoms with van der Waals surface area (Å²) in [6.45, 7) is 0. The number of benzene rings is 3. The quantitative estimate of drug-likeness (QED) is 0.604. The Kier molecular flexibility index (Phi) is 5.37. The summed E-state index contributed by atoms with van der Waals surface area (Å²) in [7, 11) is 1.70. The summed E-state index contributed by atoms with van der Waals surface area (Å²) < 4.78 is 20.0. The van der Waals surface area contributed by atoms with E-state index in [-0.39, 0.29) is 0 Å². The predicted octanol–water partition coefficient (Wildman–Crippen LogP) is 3.91. The van der Waals surface area contributed by atoms with Gasteiger partial charge in [0, 0.05) is 0 Å². The minimum absolute atomic E-state index is 0.460. The molecule has 0 N–H and O–H groups in total. The van der Waals surface area contributed by atoms with Crippen molar-refractivity contribution in [1.82, 2.24) is 0 Å². The van der Waals surface area contributed by atoms with Gasteiger partial charge in [0.1, 0.15) is 0 Å². The molecule has 0 radical (unpaired) electrons. The molecule has 0 aromatic heterocycles. The molecular weight excluding hydrogens is 363 g/mol. The van der Waals surface area contributed by atoms with Crippen molar-refractivity contribution >= 4 is 18.3 Å². The minimum atomic E-state index is -2.26. The first-order chi connectivity index (χ1) is 11.8. The second-order valence-corrected chi connectivity index (χ2v) is 8.61. The fourth-order valence-electron chi connectivity index (χ4n) is 2.88. The number of hydrogen-bond acceptors (Lipinski definition) is 2. The van der Waals surface area contributed by atoms with E-state index in [2.05, 4.69) is 0 Å². The van der Waals surface area contributed by atoms with Gasteiger partial charge in [-0.05, 0) is 0 Å². The standard InChI is InChI=1S/C21H20O2Se/c1-23-21(18-11-5-2-6-12-18,19-13-7-3-8-14-19)17-24(22)20-15-9-4-10-16-20/h2-16H,17H2,1H3. The van der Waals surface area contributed by atoms with Crippen LogP contribution in [0.1, 0.15) is 11.1 Å². The SMILES string of the molecule is COC(C[Se](=O)c1ccccc1)(c1ccccc1)c1ccccc1. The summed E-state index contributed by atoms with van der Waals surface area (Å²) in [6.07, 6.45) is 0. The molecule has 3 aromatic carbocycles. The Morgan fingerprint density at radius 1 is 0.750 bits per heavy atom. The van der Waals surface area contributed by atoms with Crippen molar-refractivity contribution in [3.8, 4) is 0 Å². The van der Waals surface area contributed by atoms with Gasteiger partial charge in [-0.15, -0.1) is 0 Å².